The van der Waals surface area contributed by atoms with E-state index >= 15 is 0 Å². The van der Waals surface area contributed by atoms with Gasteiger partial charge in [-0.2, -0.15) is 0 Å². The normalized spacial score (nSPS) is 11.7. The molecule has 0 fully saturated rings. The van der Waals surface area contributed by atoms with Crippen molar-refractivity contribution in [2.45, 2.75) is 6.10 Å². The summed E-state index contributed by atoms with van der Waals surface area (Å²) in [5, 5.41) is 10.4. The Labute approximate surface area is 140 Å². The van der Waals surface area contributed by atoms with Gasteiger partial charge in [0, 0.05) is 11.1 Å². The molecule has 0 aliphatic heterocycles. The summed E-state index contributed by atoms with van der Waals surface area (Å²) < 4.78 is 0. The first kappa shape index (κ1) is 15.8. The van der Waals surface area contributed by atoms with E-state index in [1.165, 1.54) is 0 Å². The van der Waals surface area contributed by atoms with Crippen molar-refractivity contribution in [1.82, 2.24) is 0 Å². The molecule has 0 bridgehead atoms. The van der Waals surface area contributed by atoms with Crippen LogP contribution in [-0.4, -0.2) is 17.2 Å². The monoisotopic (exact) mass is 316 g/mol. The Kier molecular flexibility index (Phi) is 4.64. The van der Waals surface area contributed by atoms with Crippen LogP contribution in [0, 0.1) is 0 Å². The van der Waals surface area contributed by atoms with Gasteiger partial charge in [-0.25, -0.2) is 0 Å². The summed E-state index contributed by atoms with van der Waals surface area (Å²) >= 11 is 0. The van der Waals surface area contributed by atoms with Crippen LogP contribution >= 0.6 is 0 Å². The molecule has 3 heteroatoms. The molecule has 0 aliphatic rings. The third kappa shape index (κ3) is 3.16. The summed E-state index contributed by atoms with van der Waals surface area (Å²) in [5.74, 6) is -0.367. The lowest BCUT2D eigenvalue weighted by atomic mass is 9.92. The lowest BCUT2D eigenvalue weighted by Gasteiger charge is -2.14. The van der Waals surface area contributed by atoms with Gasteiger partial charge in [0.05, 0.1) is 0 Å². The smallest absolute Gasteiger partial charge is 0.196 e. The molecule has 0 spiro atoms. The fourth-order valence-electron chi connectivity index (χ4n) is 2.66. The first-order valence-corrected chi connectivity index (χ1v) is 7.62. The summed E-state index contributed by atoms with van der Waals surface area (Å²) in [6.45, 7) is 0. The molecule has 0 aliphatic carbocycles. The zero-order valence-electron chi connectivity index (χ0n) is 12.9. The Hall–Kier alpha value is -3.04. The topological polar surface area (TPSA) is 54.4 Å². The number of carbonyl (C=O) groups is 2. The minimum absolute atomic E-state index is 0.367. The standard InChI is InChI=1S/C21H16O3/c22-14-15-7-6-10-17(13-15)18-11-4-5-12-19(18)21(24)20(23)16-8-2-1-3-9-16/h1-14,20,23H. The minimum atomic E-state index is -1.22. The maximum atomic E-state index is 12.8. The molecule has 1 atom stereocenters. The van der Waals surface area contributed by atoms with Gasteiger partial charge in [0.25, 0.3) is 0 Å². The van der Waals surface area contributed by atoms with Gasteiger partial charge in [-0.05, 0) is 22.8 Å². The van der Waals surface area contributed by atoms with E-state index in [-0.39, 0.29) is 5.78 Å². The molecule has 0 saturated carbocycles. The molecule has 118 valence electrons. The van der Waals surface area contributed by atoms with E-state index in [0.717, 1.165) is 11.8 Å². The lowest BCUT2D eigenvalue weighted by molar-refractivity contribution is 0.0748. The van der Waals surface area contributed by atoms with E-state index in [0.29, 0.717) is 22.3 Å². The molecule has 0 amide bonds. The van der Waals surface area contributed by atoms with Crippen LogP contribution in [0.3, 0.4) is 0 Å². The van der Waals surface area contributed by atoms with Crippen LogP contribution < -0.4 is 0 Å². The van der Waals surface area contributed by atoms with Gasteiger partial charge in [-0.1, -0.05) is 72.8 Å². The molecular formula is C21H16O3. The van der Waals surface area contributed by atoms with Crippen LogP contribution in [0.15, 0.2) is 78.9 Å². The van der Waals surface area contributed by atoms with Gasteiger partial charge in [-0.15, -0.1) is 0 Å². The van der Waals surface area contributed by atoms with Crippen molar-refractivity contribution < 1.29 is 14.7 Å². The number of hydrogen-bond donors (Lipinski definition) is 1. The van der Waals surface area contributed by atoms with Gasteiger partial charge in [-0.3, -0.25) is 9.59 Å². The molecule has 1 N–H and O–H groups in total. The molecule has 0 radical (unpaired) electrons. The number of rotatable bonds is 5. The molecule has 3 aromatic carbocycles. The Morgan fingerprint density at radius 2 is 1.58 bits per heavy atom. The summed E-state index contributed by atoms with van der Waals surface area (Å²) in [6.07, 6.45) is -0.450. The summed E-state index contributed by atoms with van der Waals surface area (Å²) in [5.41, 5.74) is 2.99. The van der Waals surface area contributed by atoms with Crippen molar-refractivity contribution in [2.24, 2.45) is 0 Å². The average molecular weight is 316 g/mol. The van der Waals surface area contributed by atoms with E-state index in [1.54, 1.807) is 54.6 Å². The van der Waals surface area contributed by atoms with Crippen molar-refractivity contribution in [2.75, 3.05) is 0 Å². The molecule has 3 aromatic rings. The van der Waals surface area contributed by atoms with Crippen molar-refractivity contribution in [3.05, 3.63) is 95.6 Å². The van der Waals surface area contributed by atoms with Crippen molar-refractivity contribution >= 4 is 12.1 Å². The number of benzene rings is 3. The highest BCUT2D eigenvalue weighted by atomic mass is 16.3. The Morgan fingerprint density at radius 3 is 2.33 bits per heavy atom. The van der Waals surface area contributed by atoms with E-state index in [1.807, 2.05) is 24.3 Å². The second-order valence-corrected chi connectivity index (χ2v) is 5.47. The zero-order valence-corrected chi connectivity index (χ0v) is 12.9. The molecular weight excluding hydrogens is 300 g/mol. The first-order valence-electron chi connectivity index (χ1n) is 7.62. The molecule has 24 heavy (non-hydrogen) atoms. The number of hydrogen-bond acceptors (Lipinski definition) is 3. The Morgan fingerprint density at radius 1 is 0.875 bits per heavy atom. The highest BCUT2D eigenvalue weighted by molar-refractivity contribution is 6.05. The molecule has 0 heterocycles. The average Bonchev–Trinajstić information content (AvgIpc) is 2.67. The summed E-state index contributed by atoms with van der Waals surface area (Å²) in [7, 11) is 0. The van der Waals surface area contributed by atoms with Gasteiger partial charge in [0.1, 0.15) is 12.4 Å². The molecule has 3 nitrogen and oxygen atoms in total. The highest BCUT2D eigenvalue weighted by Gasteiger charge is 2.21. The van der Waals surface area contributed by atoms with E-state index < -0.39 is 6.10 Å². The maximum absolute atomic E-state index is 12.8. The quantitative estimate of drug-likeness (QED) is 0.570. The van der Waals surface area contributed by atoms with Gasteiger partial charge >= 0.3 is 0 Å². The minimum Gasteiger partial charge on any atom is -0.380 e. The van der Waals surface area contributed by atoms with Crippen molar-refractivity contribution in [3.63, 3.8) is 0 Å². The predicted molar refractivity (Wildman–Crippen MR) is 93.0 cm³/mol. The molecule has 1 unspecified atom stereocenters. The summed E-state index contributed by atoms with van der Waals surface area (Å²) in [6, 6.07) is 23.0. The van der Waals surface area contributed by atoms with E-state index in [4.69, 9.17) is 0 Å². The van der Waals surface area contributed by atoms with Crippen LogP contribution in [0.1, 0.15) is 32.4 Å². The van der Waals surface area contributed by atoms with E-state index in [2.05, 4.69) is 0 Å². The largest absolute Gasteiger partial charge is 0.380 e. The first-order chi connectivity index (χ1) is 11.7. The Bertz CT molecular complexity index is 869. The Balaban J connectivity index is 2.03. The zero-order chi connectivity index (χ0) is 16.9. The second-order valence-electron chi connectivity index (χ2n) is 5.47. The molecule has 3 rings (SSSR count). The number of aldehydes is 1. The second kappa shape index (κ2) is 7.02. The van der Waals surface area contributed by atoms with Crippen LogP contribution in [0.5, 0.6) is 0 Å². The van der Waals surface area contributed by atoms with Gasteiger partial charge in [0.2, 0.25) is 0 Å². The SMILES string of the molecule is O=Cc1cccc(-c2ccccc2C(=O)C(O)c2ccccc2)c1. The van der Waals surface area contributed by atoms with Crippen LogP contribution in [0.4, 0.5) is 0 Å². The number of Topliss-reactive ketones (excluding diaryl/α,β-unsaturated/α-hetero) is 1. The molecule has 0 saturated heterocycles. The van der Waals surface area contributed by atoms with Crippen LogP contribution in [-0.2, 0) is 0 Å². The maximum Gasteiger partial charge on any atom is 0.196 e. The number of ketones is 1. The summed E-state index contributed by atoms with van der Waals surface area (Å²) in [4.78, 5) is 23.8. The van der Waals surface area contributed by atoms with Crippen LogP contribution in [0.2, 0.25) is 0 Å². The molecule has 0 aromatic heterocycles. The number of carbonyl (C=O) groups excluding carboxylic acids is 2. The number of aliphatic hydroxyl groups is 1. The fraction of sp³-hybridized carbons (Fsp3) is 0.0476. The fourth-order valence-corrected chi connectivity index (χ4v) is 2.66. The predicted octanol–water partition coefficient (Wildman–Crippen LogP) is 4.08. The van der Waals surface area contributed by atoms with Crippen molar-refractivity contribution in [3.8, 4) is 11.1 Å². The van der Waals surface area contributed by atoms with Gasteiger partial charge < -0.3 is 5.11 Å². The number of aliphatic hydroxyl groups excluding tert-OH is 1. The van der Waals surface area contributed by atoms with Gasteiger partial charge in [0.15, 0.2) is 5.78 Å². The van der Waals surface area contributed by atoms with E-state index in [9.17, 15) is 14.7 Å². The van der Waals surface area contributed by atoms with Crippen LogP contribution in [0.25, 0.3) is 11.1 Å². The third-order valence-corrected chi connectivity index (χ3v) is 3.89. The highest BCUT2D eigenvalue weighted by Crippen LogP contribution is 2.28. The lowest BCUT2D eigenvalue weighted by Crippen LogP contribution is -2.13. The third-order valence-electron chi connectivity index (χ3n) is 3.89. The van der Waals surface area contributed by atoms with Crippen molar-refractivity contribution in [1.29, 1.82) is 0 Å².